The molecule has 4 rings (SSSR count). The monoisotopic (exact) mass is 617 g/mol. The molecule has 4 N–H and O–H groups in total. The number of anilines is 1. The van der Waals surface area contributed by atoms with E-state index in [0.717, 1.165) is 11.3 Å². The van der Waals surface area contributed by atoms with Crippen LogP contribution in [0.3, 0.4) is 0 Å². The average molecular weight is 618 g/mol. The van der Waals surface area contributed by atoms with Crippen LogP contribution in [0.4, 0.5) is 11.4 Å². The Morgan fingerprint density at radius 1 is 1.27 bits per heavy atom. The first-order valence-corrected chi connectivity index (χ1v) is 15.6. The van der Waals surface area contributed by atoms with Crippen LogP contribution in [0.2, 0.25) is 5.02 Å². The van der Waals surface area contributed by atoms with Crippen molar-refractivity contribution in [2.45, 2.75) is 38.0 Å². The summed E-state index contributed by atoms with van der Waals surface area (Å²) in [6, 6.07) is 14.1. The maximum absolute atomic E-state index is 13.3. The second kappa shape index (κ2) is 12.2. The highest BCUT2D eigenvalue weighted by atomic mass is 35.5. The fourth-order valence-corrected chi connectivity index (χ4v) is 8.34. The lowest BCUT2D eigenvalue weighted by molar-refractivity contribution is 0.0697. The van der Waals surface area contributed by atoms with Gasteiger partial charge in [0.05, 0.1) is 16.3 Å². The van der Waals surface area contributed by atoms with Crippen molar-refractivity contribution in [2.75, 3.05) is 18.9 Å². The van der Waals surface area contributed by atoms with E-state index in [1.165, 1.54) is 0 Å². The molecule has 0 radical (unpaired) electrons. The molecule has 1 atom stereocenters. The van der Waals surface area contributed by atoms with Gasteiger partial charge in [-0.15, -0.1) is 11.3 Å². The van der Waals surface area contributed by atoms with Gasteiger partial charge in [-0.2, -0.15) is 4.31 Å². The van der Waals surface area contributed by atoms with Crippen molar-refractivity contribution in [1.82, 2.24) is 4.31 Å². The second-order valence-corrected chi connectivity index (χ2v) is 13.8. The van der Waals surface area contributed by atoms with Crippen LogP contribution in [0.1, 0.15) is 41.9 Å². The Balaban J connectivity index is 1.49. The largest absolute Gasteiger partial charge is 0.509 e. The Kier molecular flexibility index (Phi) is 9.13. The van der Waals surface area contributed by atoms with Crippen molar-refractivity contribution in [2.24, 2.45) is 10.9 Å². The molecule has 0 bridgehead atoms. The number of piperidine rings is 1. The molecule has 41 heavy (non-hydrogen) atoms. The molecule has 2 heterocycles. The van der Waals surface area contributed by atoms with Crippen LogP contribution < -0.4 is 10.5 Å². The lowest BCUT2D eigenvalue weighted by Crippen LogP contribution is -2.53. The number of halogens is 1. The first-order chi connectivity index (χ1) is 19.3. The Morgan fingerprint density at radius 2 is 2.00 bits per heavy atom. The van der Waals surface area contributed by atoms with Gasteiger partial charge in [-0.3, -0.25) is 4.99 Å². The van der Waals surface area contributed by atoms with Crippen LogP contribution in [0.25, 0.3) is 10.4 Å². The predicted molar refractivity (Wildman–Crippen MR) is 164 cm³/mol. The number of hydrogen-bond acceptors (Lipinski definition) is 8. The van der Waals surface area contributed by atoms with Crippen LogP contribution in [0.15, 0.2) is 65.9 Å². The molecule has 1 fully saturated rings. The van der Waals surface area contributed by atoms with Gasteiger partial charge < -0.3 is 20.7 Å². The molecule has 0 saturated carbocycles. The zero-order valence-corrected chi connectivity index (χ0v) is 25.1. The minimum atomic E-state index is -3.56. The number of nitrogen functional groups attached to an aromatic ring is 1. The summed E-state index contributed by atoms with van der Waals surface area (Å²) < 4.78 is 33.6. The Hall–Kier alpha value is -3.38. The number of thiophene rings is 1. The lowest BCUT2D eigenvalue weighted by Gasteiger charge is -2.43. The zero-order valence-electron chi connectivity index (χ0n) is 22.7. The van der Waals surface area contributed by atoms with Gasteiger partial charge >= 0.3 is 5.97 Å². The van der Waals surface area contributed by atoms with E-state index in [4.69, 9.17) is 22.1 Å². The van der Waals surface area contributed by atoms with Gasteiger partial charge in [-0.05, 0) is 68.0 Å². The third kappa shape index (κ3) is 7.28. The van der Waals surface area contributed by atoms with Crippen molar-refractivity contribution in [3.8, 4) is 16.2 Å². The van der Waals surface area contributed by atoms with Crippen LogP contribution in [0.5, 0.6) is 5.75 Å². The highest BCUT2D eigenvalue weighted by Gasteiger charge is 2.41. The van der Waals surface area contributed by atoms with E-state index in [1.807, 2.05) is 26.1 Å². The van der Waals surface area contributed by atoms with Gasteiger partial charge in [0.2, 0.25) is 10.0 Å². The van der Waals surface area contributed by atoms with Gasteiger partial charge in [-0.1, -0.05) is 42.4 Å². The highest BCUT2D eigenvalue weighted by molar-refractivity contribution is 7.88. The maximum atomic E-state index is 13.3. The number of aliphatic hydroxyl groups excluding tert-OH is 1. The van der Waals surface area contributed by atoms with Crippen LogP contribution in [-0.2, 0) is 15.8 Å². The fourth-order valence-electron chi connectivity index (χ4n) is 4.97. The Bertz CT molecular complexity index is 1600. The number of carboxylic acid groups (broad SMARTS) is 1. The summed E-state index contributed by atoms with van der Waals surface area (Å²) in [7, 11) is -3.56. The number of rotatable bonds is 10. The van der Waals surface area contributed by atoms with Crippen molar-refractivity contribution < 1.29 is 28.2 Å². The number of benzene rings is 2. The SMILES string of the molecule is C=C(O)COc1c(C(=O)O)sc(-c2cccc(N=CC3CCN(S(=O)(=O)Cc4cccc(N)c4)C(C)(C)C3)c2)c1Cl. The minimum absolute atomic E-state index is 0.0250. The first kappa shape index (κ1) is 30.6. The zero-order chi connectivity index (χ0) is 29.9. The molecule has 0 aliphatic carbocycles. The fraction of sp³-hybridized carbons (Fsp3) is 0.310. The molecule has 0 amide bonds. The topological polar surface area (TPSA) is 143 Å². The molecule has 12 heteroatoms. The van der Waals surface area contributed by atoms with E-state index >= 15 is 0 Å². The number of sulfonamides is 1. The number of aromatic carboxylic acids is 1. The predicted octanol–water partition coefficient (Wildman–Crippen LogP) is 6.52. The van der Waals surface area contributed by atoms with E-state index in [-0.39, 0.29) is 39.7 Å². The van der Waals surface area contributed by atoms with E-state index in [1.54, 1.807) is 46.8 Å². The van der Waals surface area contributed by atoms with Gasteiger partial charge in [0.25, 0.3) is 0 Å². The molecular formula is C29H32ClN3O6S2. The van der Waals surface area contributed by atoms with Crippen molar-refractivity contribution in [1.29, 1.82) is 0 Å². The smallest absolute Gasteiger partial charge is 0.349 e. The minimum Gasteiger partial charge on any atom is -0.509 e. The number of ether oxygens (including phenoxy) is 1. The second-order valence-electron chi connectivity index (χ2n) is 10.5. The molecule has 1 aromatic heterocycles. The van der Waals surface area contributed by atoms with E-state index in [2.05, 4.69) is 11.6 Å². The summed E-state index contributed by atoms with van der Waals surface area (Å²) in [6.45, 7) is 7.29. The highest BCUT2D eigenvalue weighted by Crippen LogP contribution is 2.46. The third-order valence-electron chi connectivity index (χ3n) is 6.70. The average Bonchev–Trinajstić information content (AvgIpc) is 3.21. The van der Waals surface area contributed by atoms with Crippen molar-refractivity contribution in [3.63, 3.8) is 0 Å². The third-order valence-corrected chi connectivity index (χ3v) is 10.4. The normalized spacial score (nSPS) is 17.5. The van der Waals surface area contributed by atoms with Crippen molar-refractivity contribution in [3.05, 3.63) is 76.3 Å². The van der Waals surface area contributed by atoms with Gasteiger partial charge in [0.1, 0.15) is 17.4 Å². The van der Waals surface area contributed by atoms with Gasteiger partial charge in [0.15, 0.2) is 10.6 Å². The number of hydrogen-bond donors (Lipinski definition) is 3. The number of nitrogens with two attached hydrogens (primary N) is 1. The van der Waals surface area contributed by atoms with Crippen LogP contribution in [0, 0.1) is 5.92 Å². The molecule has 0 spiro atoms. The number of aliphatic imine (C=N–C) groups is 1. The number of carboxylic acids is 1. The molecule has 2 aromatic carbocycles. The van der Waals surface area contributed by atoms with Crippen molar-refractivity contribution >= 4 is 56.5 Å². The number of aliphatic hydroxyl groups is 1. The summed E-state index contributed by atoms with van der Waals surface area (Å²) in [6.07, 6.45) is 3.07. The molecule has 1 aliphatic heterocycles. The molecule has 1 saturated heterocycles. The van der Waals surface area contributed by atoms with Crippen LogP contribution in [-0.4, -0.2) is 53.8 Å². The summed E-state index contributed by atoms with van der Waals surface area (Å²) >= 11 is 7.46. The van der Waals surface area contributed by atoms with E-state index in [9.17, 15) is 23.4 Å². The molecule has 218 valence electrons. The van der Waals surface area contributed by atoms with Crippen LogP contribution >= 0.6 is 22.9 Å². The number of nitrogens with zero attached hydrogens (tertiary/aromatic N) is 2. The lowest BCUT2D eigenvalue weighted by atomic mass is 9.85. The standard InChI is InChI=1S/C29H32ClN3O6S2/c1-18(34)16-39-25-24(30)26(40-27(25)28(35)36)21-7-5-9-23(13-21)32-15-20-10-11-33(29(2,3)14-20)41(37,38)17-19-6-4-8-22(31)12-19/h4-9,12-13,15,20,34H,1,10-11,14,16-17,31H2,2-3H3,(H,35,36). The van der Waals surface area contributed by atoms with E-state index in [0.29, 0.717) is 46.8 Å². The molecular weight excluding hydrogens is 586 g/mol. The van der Waals surface area contributed by atoms with Gasteiger partial charge in [-0.25, -0.2) is 13.2 Å². The number of carbonyl (C=O) groups is 1. The molecule has 3 aromatic rings. The van der Waals surface area contributed by atoms with E-state index < -0.39 is 21.5 Å². The molecule has 9 nitrogen and oxygen atoms in total. The summed E-state index contributed by atoms with van der Waals surface area (Å²) in [4.78, 5) is 16.8. The summed E-state index contributed by atoms with van der Waals surface area (Å²) in [5.41, 5.74) is 7.72. The first-order valence-electron chi connectivity index (χ1n) is 12.8. The maximum Gasteiger partial charge on any atom is 0.349 e. The molecule has 1 unspecified atom stereocenters. The quantitative estimate of drug-likeness (QED) is 0.133. The Morgan fingerprint density at radius 3 is 2.66 bits per heavy atom. The Labute approximate surface area is 248 Å². The molecule has 1 aliphatic rings. The summed E-state index contributed by atoms with van der Waals surface area (Å²) in [5.74, 6) is -1.52. The summed E-state index contributed by atoms with van der Waals surface area (Å²) in [5, 5.41) is 19.1. The van der Waals surface area contributed by atoms with Gasteiger partial charge in [0, 0.05) is 24.0 Å².